The number of carbonyl (C=O) groups is 1. The van der Waals surface area contributed by atoms with Crippen molar-refractivity contribution in [3.8, 4) is 11.1 Å². The third-order valence-corrected chi connectivity index (χ3v) is 5.81. The number of carbonyl (C=O) groups excluding carboxylic acids is 1. The third kappa shape index (κ3) is 4.20. The van der Waals surface area contributed by atoms with Crippen LogP contribution in [0.2, 0.25) is 0 Å². The molecule has 6 nitrogen and oxygen atoms in total. The maximum atomic E-state index is 14.4. The Balaban J connectivity index is 2.27. The summed E-state index contributed by atoms with van der Waals surface area (Å²) in [5, 5.41) is 2.61. The molecule has 0 aliphatic carbocycles. The van der Waals surface area contributed by atoms with E-state index in [1.165, 1.54) is 6.08 Å². The number of benzene rings is 1. The van der Waals surface area contributed by atoms with Gasteiger partial charge >= 0.3 is 0 Å². The van der Waals surface area contributed by atoms with Gasteiger partial charge in [-0.05, 0) is 42.8 Å². The maximum absolute atomic E-state index is 14.4. The molecule has 8 heteroatoms. The molecule has 3 aromatic rings. The van der Waals surface area contributed by atoms with Crippen LogP contribution in [0.25, 0.3) is 22.2 Å². The number of aromatic nitrogens is 2. The summed E-state index contributed by atoms with van der Waals surface area (Å²) in [7, 11) is 3.56. The van der Waals surface area contributed by atoms with E-state index in [0.717, 1.165) is 28.0 Å². The first-order valence-corrected chi connectivity index (χ1v) is 10.7. The number of anilines is 1. The molecule has 0 atom stereocenters. The zero-order chi connectivity index (χ0) is 21.8. The zero-order valence-electron chi connectivity index (χ0n) is 17.6. The molecule has 0 aliphatic heterocycles. The van der Waals surface area contributed by atoms with Crippen molar-refractivity contribution < 1.29 is 9.18 Å². The van der Waals surface area contributed by atoms with E-state index < -0.39 is 0 Å². The highest BCUT2D eigenvalue weighted by molar-refractivity contribution is 7.99. The fraction of sp³-hybridized carbons (Fsp3) is 0.273. The lowest BCUT2D eigenvalue weighted by molar-refractivity contribution is 0.0958. The average molecular weight is 428 g/mol. The molecule has 2 aromatic heterocycles. The van der Waals surface area contributed by atoms with E-state index in [-0.39, 0.29) is 24.8 Å². The van der Waals surface area contributed by atoms with Crippen molar-refractivity contribution >= 4 is 34.6 Å². The van der Waals surface area contributed by atoms with Crippen molar-refractivity contribution in [2.75, 3.05) is 31.2 Å². The Bertz CT molecular complexity index is 1110. The Kier molecular flexibility index (Phi) is 6.79. The molecule has 0 bridgehead atoms. The number of nitrogens with two attached hydrogens (primary N) is 1. The van der Waals surface area contributed by atoms with Gasteiger partial charge < -0.3 is 19.9 Å². The number of hydrogen-bond acceptors (Lipinski definition) is 5. The topological polar surface area (TPSA) is 76.2 Å². The van der Waals surface area contributed by atoms with Crippen LogP contribution >= 0.6 is 11.9 Å². The zero-order valence-corrected chi connectivity index (χ0v) is 18.4. The minimum Gasteiger partial charge on any atom is -0.354 e. The Morgan fingerprint density at radius 3 is 2.80 bits per heavy atom. The van der Waals surface area contributed by atoms with E-state index in [9.17, 15) is 9.18 Å². The summed E-state index contributed by atoms with van der Waals surface area (Å²) >= 11 is 1.61. The van der Waals surface area contributed by atoms with E-state index in [1.54, 1.807) is 25.1 Å². The monoisotopic (exact) mass is 427 g/mol. The summed E-state index contributed by atoms with van der Waals surface area (Å²) in [6.45, 7) is 2.14. The van der Waals surface area contributed by atoms with Crippen LogP contribution in [0.3, 0.4) is 0 Å². The third-order valence-electron chi connectivity index (χ3n) is 5.05. The minimum absolute atomic E-state index is 0.0605. The predicted molar refractivity (Wildman–Crippen MR) is 123 cm³/mol. The van der Waals surface area contributed by atoms with Crippen molar-refractivity contribution in [2.45, 2.75) is 13.5 Å². The van der Waals surface area contributed by atoms with Gasteiger partial charge in [0.25, 0.3) is 5.91 Å². The first-order chi connectivity index (χ1) is 14.4. The highest BCUT2D eigenvalue weighted by Crippen LogP contribution is 2.36. The van der Waals surface area contributed by atoms with E-state index in [0.29, 0.717) is 11.2 Å². The number of halogens is 1. The van der Waals surface area contributed by atoms with Gasteiger partial charge in [0.1, 0.15) is 11.5 Å². The highest BCUT2D eigenvalue weighted by Gasteiger charge is 2.20. The molecule has 0 radical (unpaired) electrons. The number of pyridine rings is 1. The van der Waals surface area contributed by atoms with Crippen molar-refractivity contribution in [3.05, 3.63) is 59.7 Å². The summed E-state index contributed by atoms with van der Waals surface area (Å²) in [6, 6.07) is 11.6. The lowest BCUT2D eigenvalue weighted by Crippen LogP contribution is -2.19. The number of hydrogen-bond donors (Lipinski definition) is 2. The smallest absolute Gasteiger partial charge is 0.269 e. The summed E-state index contributed by atoms with van der Waals surface area (Å²) in [4.78, 5) is 16.8. The first kappa shape index (κ1) is 21.9. The first-order valence-electron chi connectivity index (χ1n) is 9.56. The molecule has 0 unspecified atom stereocenters. The van der Waals surface area contributed by atoms with Crippen molar-refractivity contribution in [1.29, 1.82) is 0 Å². The summed E-state index contributed by atoms with van der Waals surface area (Å²) < 4.78 is 18.3. The second-order valence-corrected chi connectivity index (χ2v) is 7.72. The lowest BCUT2D eigenvalue weighted by atomic mass is 10.0. The van der Waals surface area contributed by atoms with Crippen LogP contribution < -0.4 is 15.4 Å². The average Bonchev–Trinajstić information content (AvgIpc) is 3.03. The fourth-order valence-corrected chi connectivity index (χ4v) is 3.78. The second kappa shape index (κ2) is 9.32. The number of fused-ring (bicyclic) bond motifs is 1. The maximum Gasteiger partial charge on any atom is 0.269 e. The molecule has 158 valence electrons. The fourth-order valence-electron chi connectivity index (χ4n) is 3.45. The molecule has 1 aromatic carbocycles. The predicted octanol–water partition coefficient (Wildman–Crippen LogP) is 3.90. The number of allylic oxidation sites excluding steroid dienone is 1. The van der Waals surface area contributed by atoms with E-state index in [1.807, 2.05) is 49.1 Å². The second-order valence-electron chi connectivity index (χ2n) is 6.81. The van der Waals surface area contributed by atoms with Crippen LogP contribution in [0.15, 0.2) is 48.3 Å². The number of rotatable bonds is 7. The summed E-state index contributed by atoms with van der Waals surface area (Å²) in [5.74, 6) is -0.575. The molecular formula is C22H26FN5OS. The largest absolute Gasteiger partial charge is 0.354 e. The number of nitrogens with one attached hydrogen (secondary N) is 1. The van der Waals surface area contributed by atoms with Crippen LogP contribution in [0, 0.1) is 6.92 Å². The molecule has 0 saturated heterocycles. The molecule has 3 rings (SSSR count). The van der Waals surface area contributed by atoms with Crippen molar-refractivity contribution in [3.63, 3.8) is 0 Å². The van der Waals surface area contributed by atoms with Gasteiger partial charge in [-0.1, -0.05) is 24.1 Å². The molecule has 3 N–H and O–H groups in total. The molecule has 0 aliphatic rings. The molecule has 30 heavy (non-hydrogen) atoms. The van der Waals surface area contributed by atoms with E-state index >= 15 is 0 Å². The van der Waals surface area contributed by atoms with Gasteiger partial charge in [-0.3, -0.25) is 4.79 Å². The molecule has 0 fully saturated rings. The summed E-state index contributed by atoms with van der Waals surface area (Å²) in [6.07, 6.45) is 3.37. The van der Waals surface area contributed by atoms with Gasteiger partial charge in [0.2, 0.25) is 0 Å². The highest BCUT2D eigenvalue weighted by atomic mass is 32.2. The van der Waals surface area contributed by atoms with Gasteiger partial charge in [0, 0.05) is 43.8 Å². The van der Waals surface area contributed by atoms with Gasteiger partial charge in [-0.15, -0.1) is 0 Å². The molecule has 2 heterocycles. The Labute approximate surface area is 180 Å². The standard InChI is InChI=1S/C22H26FN5OS/c1-14-20(15-6-5-7-17(12-15)27(3)30-4)21-19(28(14)13-16(23)10-11-24)9-8-18(26-21)22(29)25-2/h5-10,12H,11,13,24H2,1-4H3,(H,25,29)/b16-10-. The van der Waals surface area contributed by atoms with Crippen molar-refractivity contribution in [1.82, 2.24) is 14.9 Å². The Hall–Kier alpha value is -2.84. The molecule has 0 spiro atoms. The molecule has 0 saturated carbocycles. The van der Waals surface area contributed by atoms with Gasteiger partial charge in [-0.2, -0.15) is 0 Å². The van der Waals surface area contributed by atoms with Crippen LogP contribution in [-0.2, 0) is 6.54 Å². The van der Waals surface area contributed by atoms with Crippen LogP contribution in [0.1, 0.15) is 16.2 Å². The summed E-state index contributed by atoms with van der Waals surface area (Å²) in [5.41, 5.74) is 11.0. The van der Waals surface area contributed by atoms with Gasteiger partial charge in [0.05, 0.1) is 17.6 Å². The van der Waals surface area contributed by atoms with Crippen LogP contribution in [-0.4, -0.2) is 42.4 Å². The van der Waals surface area contributed by atoms with Crippen molar-refractivity contribution in [2.24, 2.45) is 5.73 Å². The molecule has 1 amide bonds. The van der Waals surface area contributed by atoms with E-state index in [4.69, 9.17) is 5.73 Å². The number of amides is 1. The van der Waals surface area contributed by atoms with E-state index in [2.05, 4.69) is 20.7 Å². The Morgan fingerprint density at radius 1 is 1.37 bits per heavy atom. The van der Waals surface area contributed by atoms with Gasteiger partial charge in [-0.25, -0.2) is 9.37 Å². The van der Waals surface area contributed by atoms with Crippen LogP contribution in [0.5, 0.6) is 0 Å². The molecular weight excluding hydrogens is 401 g/mol. The lowest BCUT2D eigenvalue weighted by Gasteiger charge is -2.16. The SMILES string of the molecule is CNC(=O)c1ccc2c(n1)c(-c1cccc(N(C)SC)c1)c(C)n2C/C(F)=C/CN. The minimum atomic E-state index is -0.310. The quantitative estimate of drug-likeness (QED) is 0.560. The Morgan fingerprint density at radius 2 is 2.13 bits per heavy atom. The van der Waals surface area contributed by atoms with Crippen LogP contribution in [0.4, 0.5) is 10.1 Å². The van der Waals surface area contributed by atoms with Gasteiger partial charge in [0.15, 0.2) is 0 Å². The normalized spacial score (nSPS) is 11.7. The number of nitrogens with zero attached hydrogens (tertiary/aromatic N) is 3.